The molecule has 0 aromatic carbocycles. The minimum atomic E-state index is -3.85. The summed E-state index contributed by atoms with van der Waals surface area (Å²) < 4.78 is 28.4. The average molecular weight is 279 g/mol. The summed E-state index contributed by atoms with van der Waals surface area (Å²) in [5.74, 6) is -1.79. The lowest BCUT2D eigenvalue weighted by Gasteiger charge is -2.33. The van der Waals surface area contributed by atoms with Crippen LogP contribution in [0.25, 0.3) is 0 Å². The van der Waals surface area contributed by atoms with Crippen molar-refractivity contribution in [2.45, 2.75) is 38.2 Å². The van der Waals surface area contributed by atoms with Crippen molar-refractivity contribution in [3.05, 3.63) is 0 Å². The van der Waals surface area contributed by atoms with E-state index in [2.05, 4.69) is 0 Å². The van der Waals surface area contributed by atoms with Gasteiger partial charge in [-0.25, -0.2) is 18.0 Å². The fourth-order valence-corrected chi connectivity index (χ4v) is 3.29. The van der Waals surface area contributed by atoms with Crippen molar-refractivity contribution in [1.82, 2.24) is 4.90 Å². The Morgan fingerprint density at radius 3 is 2.33 bits per heavy atom. The molecule has 1 fully saturated rings. The van der Waals surface area contributed by atoms with E-state index >= 15 is 0 Å². The van der Waals surface area contributed by atoms with Crippen LogP contribution in [0.15, 0.2) is 0 Å². The summed E-state index contributed by atoms with van der Waals surface area (Å²) in [4.78, 5) is 23.6. The van der Waals surface area contributed by atoms with Crippen molar-refractivity contribution in [2.24, 2.45) is 0 Å². The Bertz CT molecular complexity index is 449. The summed E-state index contributed by atoms with van der Waals surface area (Å²) in [6, 6.07) is 0. The Morgan fingerprint density at radius 2 is 1.89 bits per heavy atom. The van der Waals surface area contributed by atoms with Crippen molar-refractivity contribution in [1.29, 1.82) is 0 Å². The number of carbonyl (C=O) groups excluding carboxylic acids is 1. The maximum atomic E-state index is 11.8. The Kier molecular flexibility index (Phi) is 3.89. The Morgan fingerprint density at radius 1 is 1.33 bits per heavy atom. The smallest absolute Gasteiger partial charge is 0.411 e. The molecule has 0 radical (unpaired) electrons. The molecule has 0 spiro atoms. The lowest BCUT2D eigenvalue weighted by Crippen LogP contribution is -2.55. The van der Waals surface area contributed by atoms with E-state index in [1.165, 1.54) is 0 Å². The summed E-state index contributed by atoms with van der Waals surface area (Å²) in [7, 11) is -3.85. The molecule has 8 heteroatoms. The van der Waals surface area contributed by atoms with Gasteiger partial charge in [0.2, 0.25) is 5.37 Å². The molecule has 7 nitrogen and oxygen atoms in total. The first kappa shape index (κ1) is 14.7. The molecule has 0 bridgehead atoms. The molecule has 1 aliphatic rings. The van der Waals surface area contributed by atoms with Crippen LogP contribution in [0.2, 0.25) is 0 Å². The van der Waals surface area contributed by atoms with E-state index in [4.69, 9.17) is 9.84 Å². The second kappa shape index (κ2) is 4.75. The van der Waals surface area contributed by atoms with Crippen LogP contribution in [-0.2, 0) is 19.4 Å². The summed E-state index contributed by atoms with van der Waals surface area (Å²) >= 11 is 0. The van der Waals surface area contributed by atoms with Gasteiger partial charge in [0.1, 0.15) is 5.60 Å². The van der Waals surface area contributed by atoms with Gasteiger partial charge in [0.25, 0.3) is 0 Å². The van der Waals surface area contributed by atoms with Gasteiger partial charge in [-0.05, 0) is 27.2 Å². The zero-order chi connectivity index (χ0) is 14.1. The topological polar surface area (TPSA) is 101 Å². The number of sulfone groups is 1. The van der Waals surface area contributed by atoms with Gasteiger partial charge in [-0.2, -0.15) is 0 Å². The van der Waals surface area contributed by atoms with Crippen LogP contribution >= 0.6 is 0 Å². The molecule has 18 heavy (non-hydrogen) atoms. The van der Waals surface area contributed by atoms with E-state index in [0.717, 1.165) is 4.90 Å². The van der Waals surface area contributed by atoms with E-state index in [-0.39, 0.29) is 18.7 Å². The predicted molar refractivity (Wildman–Crippen MR) is 62.8 cm³/mol. The highest BCUT2D eigenvalue weighted by Crippen LogP contribution is 2.20. The molecule has 1 amide bonds. The SMILES string of the molecule is CC(C)(C)OC(=O)N1CCCS(=O)(=O)C1C(=O)O. The number of nitrogens with zero attached hydrogens (tertiary/aromatic N) is 1. The molecule has 0 aromatic heterocycles. The van der Waals surface area contributed by atoms with Gasteiger partial charge in [0.05, 0.1) is 5.75 Å². The van der Waals surface area contributed by atoms with E-state index < -0.39 is 32.9 Å². The van der Waals surface area contributed by atoms with E-state index in [9.17, 15) is 18.0 Å². The van der Waals surface area contributed by atoms with E-state index in [1.54, 1.807) is 20.8 Å². The van der Waals surface area contributed by atoms with Crippen LogP contribution in [0.5, 0.6) is 0 Å². The molecule has 1 atom stereocenters. The monoisotopic (exact) mass is 279 g/mol. The lowest BCUT2D eigenvalue weighted by atomic mass is 10.2. The molecule has 1 saturated heterocycles. The summed E-state index contributed by atoms with van der Waals surface area (Å²) in [6.07, 6.45) is -0.705. The van der Waals surface area contributed by atoms with Crippen molar-refractivity contribution in [3.8, 4) is 0 Å². The molecule has 104 valence electrons. The Hall–Kier alpha value is -1.31. The maximum Gasteiger partial charge on any atom is 0.411 e. The van der Waals surface area contributed by atoms with E-state index in [1.807, 2.05) is 0 Å². The number of ether oxygens (including phenoxy) is 1. The molecule has 0 aliphatic carbocycles. The van der Waals surface area contributed by atoms with Gasteiger partial charge in [-0.3, -0.25) is 4.90 Å². The number of aliphatic carboxylic acids is 1. The lowest BCUT2D eigenvalue weighted by molar-refractivity contribution is -0.140. The molecular formula is C10H17NO6S. The largest absolute Gasteiger partial charge is 0.479 e. The van der Waals surface area contributed by atoms with Gasteiger partial charge in [0.15, 0.2) is 9.84 Å². The van der Waals surface area contributed by atoms with Crippen LogP contribution in [0.3, 0.4) is 0 Å². The molecule has 1 aliphatic heterocycles. The van der Waals surface area contributed by atoms with Crippen LogP contribution < -0.4 is 0 Å². The molecule has 0 saturated carbocycles. The normalized spacial score (nSPS) is 23.5. The average Bonchev–Trinajstić information content (AvgIpc) is 2.11. The quantitative estimate of drug-likeness (QED) is 0.748. The van der Waals surface area contributed by atoms with E-state index in [0.29, 0.717) is 0 Å². The van der Waals surface area contributed by atoms with Crippen molar-refractivity contribution >= 4 is 21.9 Å². The highest BCUT2D eigenvalue weighted by atomic mass is 32.2. The highest BCUT2D eigenvalue weighted by Gasteiger charge is 2.44. The first-order valence-electron chi connectivity index (χ1n) is 5.48. The maximum absolute atomic E-state index is 11.8. The van der Waals surface area contributed by atoms with Gasteiger partial charge >= 0.3 is 12.1 Å². The third-order valence-corrected chi connectivity index (χ3v) is 4.28. The third kappa shape index (κ3) is 3.34. The number of carboxylic acids is 1. The number of carboxylic acid groups (broad SMARTS) is 1. The van der Waals surface area contributed by atoms with Crippen LogP contribution in [0.1, 0.15) is 27.2 Å². The van der Waals surface area contributed by atoms with Crippen LogP contribution in [-0.4, -0.2) is 53.8 Å². The van der Waals surface area contributed by atoms with Gasteiger partial charge in [0, 0.05) is 6.54 Å². The summed E-state index contributed by atoms with van der Waals surface area (Å²) in [6.45, 7) is 4.93. The predicted octanol–water partition coefficient (Wildman–Crippen LogP) is 0.453. The molecular weight excluding hydrogens is 262 g/mol. The first-order chi connectivity index (χ1) is 8.04. The molecule has 1 unspecified atom stereocenters. The van der Waals surface area contributed by atoms with Crippen molar-refractivity contribution < 1.29 is 27.9 Å². The van der Waals surface area contributed by atoms with Gasteiger partial charge in [-0.15, -0.1) is 0 Å². The summed E-state index contributed by atoms with van der Waals surface area (Å²) in [5.41, 5.74) is -0.804. The highest BCUT2D eigenvalue weighted by molar-refractivity contribution is 7.92. The second-order valence-electron chi connectivity index (χ2n) is 5.08. The van der Waals surface area contributed by atoms with Gasteiger partial charge < -0.3 is 9.84 Å². The molecule has 0 aromatic rings. The minimum Gasteiger partial charge on any atom is -0.479 e. The van der Waals surface area contributed by atoms with Crippen LogP contribution in [0, 0.1) is 0 Å². The molecule has 1 N–H and O–H groups in total. The summed E-state index contributed by atoms with van der Waals surface area (Å²) in [5, 5.41) is 7.12. The Balaban J connectivity index is 2.99. The number of rotatable bonds is 1. The fraction of sp³-hybridized carbons (Fsp3) is 0.800. The number of carbonyl (C=O) groups is 2. The standard InChI is InChI=1S/C10H17NO6S/c1-10(2,3)17-9(14)11-5-4-6-18(15,16)7(11)8(12)13/h7H,4-6H2,1-3H3,(H,12,13). The zero-order valence-electron chi connectivity index (χ0n) is 10.5. The first-order valence-corrected chi connectivity index (χ1v) is 7.20. The third-order valence-electron chi connectivity index (χ3n) is 2.29. The van der Waals surface area contributed by atoms with Crippen molar-refractivity contribution in [3.63, 3.8) is 0 Å². The number of hydrogen-bond donors (Lipinski definition) is 1. The Labute approximate surface area is 106 Å². The second-order valence-corrected chi connectivity index (χ2v) is 7.27. The fourth-order valence-electron chi connectivity index (χ4n) is 1.65. The van der Waals surface area contributed by atoms with Crippen LogP contribution in [0.4, 0.5) is 4.79 Å². The number of hydrogen-bond acceptors (Lipinski definition) is 5. The molecule has 1 heterocycles. The van der Waals surface area contributed by atoms with Crippen molar-refractivity contribution in [2.75, 3.05) is 12.3 Å². The molecule has 1 rings (SSSR count). The van der Waals surface area contributed by atoms with Gasteiger partial charge in [-0.1, -0.05) is 0 Å². The minimum absolute atomic E-state index is 0.0606. The number of amides is 1. The zero-order valence-corrected chi connectivity index (χ0v) is 11.4.